The number of aromatic nitrogens is 1. The molecule has 0 amide bonds. The van der Waals surface area contributed by atoms with Crippen molar-refractivity contribution < 1.29 is 0 Å². The van der Waals surface area contributed by atoms with Gasteiger partial charge < -0.3 is 10.2 Å². The van der Waals surface area contributed by atoms with Crippen molar-refractivity contribution in [1.29, 1.82) is 0 Å². The molecule has 0 aliphatic carbocycles. The standard InChI is InChI=1S/C12H19N3S/c1-3-6-13-11-4-7-15(8-5-11)12-14-10(2)9-16-12/h3,9,11,13H,1,4-8H2,2H3. The molecule has 0 spiro atoms. The Morgan fingerprint density at radius 1 is 1.62 bits per heavy atom. The Morgan fingerprint density at radius 3 is 2.94 bits per heavy atom. The van der Waals surface area contributed by atoms with Gasteiger partial charge in [-0.2, -0.15) is 0 Å². The van der Waals surface area contributed by atoms with Gasteiger partial charge >= 0.3 is 0 Å². The Labute approximate surface area is 101 Å². The van der Waals surface area contributed by atoms with Gasteiger partial charge in [0.2, 0.25) is 0 Å². The van der Waals surface area contributed by atoms with Crippen LogP contribution >= 0.6 is 11.3 Å². The van der Waals surface area contributed by atoms with E-state index in [0.717, 1.165) is 25.3 Å². The molecular formula is C12H19N3S. The van der Waals surface area contributed by atoms with E-state index in [1.165, 1.54) is 18.0 Å². The number of nitrogens with zero attached hydrogens (tertiary/aromatic N) is 2. The van der Waals surface area contributed by atoms with Gasteiger partial charge in [-0.1, -0.05) is 6.08 Å². The highest BCUT2D eigenvalue weighted by atomic mass is 32.1. The molecule has 0 aromatic carbocycles. The summed E-state index contributed by atoms with van der Waals surface area (Å²) in [7, 11) is 0. The van der Waals surface area contributed by atoms with Crippen molar-refractivity contribution in [3.05, 3.63) is 23.7 Å². The third kappa shape index (κ3) is 2.83. The fourth-order valence-electron chi connectivity index (χ4n) is 2.01. The lowest BCUT2D eigenvalue weighted by atomic mass is 10.1. The van der Waals surface area contributed by atoms with Crippen LogP contribution in [0.25, 0.3) is 0 Å². The Morgan fingerprint density at radius 2 is 2.38 bits per heavy atom. The maximum atomic E-state index is 4.53. The summed E-state index contributed by atoms with van der Waals surface area (Å²) in [5, 5.41) is 6.79. The van der Waals surface area contributed by atoms with E-state index in [1.807, 2.05) is 6.08 Å². The van der Waals surface area contributed by atoms with Crippen LogP contribution in [0, 0.1) is 6.92 Å². The minimum Gasteiger partial charge on any atom is -0.348 e. The van der Waals surface area contributed by atoms with Crippen molar-refractivity contribution in [2.75, 3.05) is 24.5 Å². The number of hydrogen-bond acceptors (Lipinski definition) is 4. The topological polar surface area (TPSA) is 28.2 Å². The van der Waals surface area contributed by atoms with Crippen molar-refractivity contribution in [3.8, 4) is 0 Å². The Hall–Kier alpha value is -0.870. The molecule has 1 aromatic rings. The Balaban J connectivity index is 1.83. The zero-order chi connectivity index (χ0) is 11.4. The lowest BCUT2D eigenvalue weighted by Crippen LogP contribution is -2.42. The molecule has 1 aromatic heterocycles. The van der Waals surface area contributed by atoms with Crippen LogP contribution in [0.1, 0.15) is 18.5 Å². The van der Waals surface area contributed by atoms with Gasteiger partial charge in [-0.3, -0.25) is 0 Å². The molecule has 1 fully saturated rings. The smallest absolute Gasteiger partial charge is 0.185 e. The molecule has 0 atom stereocenters. The maximum absolute atomic E-state index is 4.53. The van der Waals surface area contributed by atoms with Gasteiger partial charge in [-0.05, 0) is 19.8 Å². The predicted molar refractivity (Wildman–Crippen MR) is 70.3 cm³/mol. The molecular weight excluding hydrogens is 218 g/mol. The van der Waals surface area contributed by atoms with Crippen LogP contribution < -0.4 is 10.2 Å². The second kappa shape index (κ2) is 5.46. The van der Waals surface area contributed by atoms with Gasteiger partial charge in [0.1, 0.15) is 0 Å². The number of anilines is 1. The van der Waals surface area contributed by atoms with E-state index < -0.39 is 0 Å². The zero-order valence-electron chi connectivity index (χ0n) is 9.78. The molecule has 16 heavy (non-hydrogen) atoms. The molecule has 1 N–H and O–H groups in total. The summed E-state index contributed by atoms with van der Waals surface area (Å²) in [6.07, 6.45) is 4.33. The van der Waals surface area contributed by atoms with Gasteiger partial charge in [0.05, 0.1) is 5.69 Å². The molecule has 3 nitrogen and oxygen atoms in total. The van der Waals surface area contributed by atoms with E-state index in [-0.39, 0.29) is 0 Å². The number of nitrogens with one attached hydrogen (secondary N) is 1. The van der Waals surface area contributed by atoms with Crippen molar-refractivity contribution >= 4 is 16.5 Å². The fourth-order valence-corrected chi connectivity index (χ4v) is 2.87. The van der Waals surface area contributed by atoms with Gasteiger partial charge in [-0.15, -0.1) is 17.9 Å². The Kier molecular flexibility index (Phi) is 3.96. The first-order chi connectivity index (χ1) is 7.79. The van der Waals surface area contributed by atoms with Gasteiger partial charge in [0, 0.05) is 31.1 Å². The van der Waals surface area contributed by atoms with Crippen LogP contribution in [0.3, 0.4) is 0 Å². The summed E-state index contributed by atoms with van der Waals surface area (Å²) in [5.41, 5.74) is 1.13. The highest BCUT2D eigenvalue weighted by Gasteiger charge is 2.20. The van der Waals surface area contributed by atoms with Crippen LogP contribution in [0.2, 0.25) is 0 Å². The van der Waals surface area contributed by atoms with Crippen LogP contribution in [0.5, 0.6) is 0 Å². The first-order valence-electron chi connectivity index (χ1n) is 5.81. The van der Waals surface area contributed by atoms with Crippen LogP contribution in [-0.2, 0) is 0 Å². The summed E-state index contributed by atoms with van der Waals surface area (Å²) in [5.74, 6) is 0. The van der Waals surface area contributed by atoms with E-state index in [2.05, 4.69) is 34.1 Å². The third-order valence-corrected chi connectivity index (χ3v) is 3.94. The van der Waals surface area contributed by atoms with Crippen LogP contribution in [-0.4, -0.2) is 30.7 Å². The van der Waals surface area contributed by atoms with Crippen molar-refractivity contribution in [2.45, 2.75) is 25.8 Å². The number of piperidine rings is 1. The lowest BCUT2D eigenvalue weighted by molar-refractivity contribution is 0.430. The van der Waals surface area contributed by atoms with Crippen LogP contribution in [0.4, 0.5) is 5.13 Å². The van der Waals surface area contributed by atoms with Gasteiger partial charge in [0.25, 0.3) is 0 Å². The molecule has 0 bridgehead atoms. The molecule has 1 aliphatic rings. The highest BCUT2D eigenvalue weighted by molar-refractivity contribution is 7.13. The first kappa shape index (κ1) is 11.6. The number of rotatable bonds is 4. The third-order valence-electron chi connectivity index (χ3n) is 2.92. The fraction of sp³-hybridized carbons (Fsp3) is 0.583. The molecule has 2 rings (SSSR count). The monoisotopic (exact) mass is 237 g/mol. The van der Waals surface area contributed by atoms with Crippen LogP contribution in [0.15, 0.2) is 18.0 Å². The summed E-state index contributed by atoms with van der Waals surface area (Å²) in [4.78, 5) is 6.92. The highest BCUT2D eigenvalue weighted by Crippen LogP contribution is 2.23. The van der Waals surface area contributed by atoms with Crippen molar-refractivity contribution in [3.63, 3.8) is 0 Å². The molecule has 0 unspecified atom stereocenters. The van der Waals surface area contributed by atoms with E-state index >= 15 is 0 Å². The zero-order valence-corrected chi connectivity index (χ0v) is 10.6. The minimum absolute atomic E-state index is 0.648. The molecule has 2 heterocycles. The number of aryl methyl sites for hydroxylation is 1. The number of hydrogen-bond donors (Lipinski definition) is 1. The van der Waals surface area contributed by atoms with E-state index in [1.54, 1.807) is 11.3 Å². The van der Waals surface area contributed by atoms with E-state index in [0.29, 0.717) is 6.04 Å². The lowest BCUT2D eigenvalue weighted by Gasteiger charge is -2.32. The SMILES string of the molecule is C=CCNC1CCN(c2nc(C)cs2)CC1. The largest absolute Gasteiger partial charge is 0.348 e. The molecule has 0 saturated carbocycles. The normalized spacial score (nSPS) is 17.7. The van der Waals surface area contributed by atoms with Crippen molar-refractivity contribution in [2.24, 2.45) is 0 Å². The summed E-state index contributed by atoms with van der Waals surface area (Å²) in [6, 6.07) is 0.648. The molecule has 1 saturated heterocycles. The average molecular weight is 237 g/mol. The molecule has 88 valence electrons. The van der Waals surface area contributed by atoms with Gasteiger partial charge in [0.15, 0.2) is 5.13 Å². The predicted octanol–water partition coefficient (Wildman–Crippen LogP) is 2.20. The Bertz CT molecular complexity index is 340. The van der Waals surface area contributed by atoms with E-state index in [4.69, 9.17) is 0 Å². The minimum atomic E-state index is 0.648. The summed E-state index contributed by atoms with van der Waals surface area (Å²) in [6.45, 7) is 8.93. The second-order valence-corrected chi connectivity index (χ2v) is 5.07. The average Bonchev–Trinajstić information content (AvgIpc) is 2.74. The molecule has 1 aliphatic heterocycles. The quantitative estimate of drug-likeness (QED) is 0.814. The summed E-state index contributed by atoms with van der Waals surface area (Å²) < 4.78 is 0. The first-order valence-corrected chi connectivity index (χ1v) is 6.69. The molecule has 4 heteroatoms. The second-order valence-electron chi connectivity index (χ2n) is 4.23. The maximum Gasteiger partial charge on any atom is 0.185 e. The van der Waals surface area contributed by atoms with Gasteiger partial charge in [-0.25, -0.2) is 4.98 Å². The van der Waals surface area contributed by atoms with Crippen molar-refractivity contribution in [1.82, 2.24) is 10.3 Å². The molecule has 0 radical (unpaired) electrons. The summed E-state index contributed by atoms with van der Waals surface area (Å²) >= 11 is 1.75. The van der Waals surface area contributed by atoms with E-state index in [9.17, 15) is 0 Å². The number of thiazole rings is 1.